The number of para-hydroxylation sites is 1. The van der Waals surface area contributed by atoms with Crippen LogP contribution in [0, 0.1) is 11.8 Å². The molecule has 2 aromatic rings. The Bertz CT molecular complexity index is 881. The average Bonchev–Trinajstić information content (AvgIpc) is 3.32. The minimum Gasteiger partial charge on any atom is -0.340 e. The molecule has 0 saturated heterocycles. The smallest absolute Gasteiger partial charge is 0.230 e. The zero-order chi connectivity index (χ0) is 19.7. The fourth-order valence-corrected chi connectivity index (χ4v) is 5.66. The zero-order valence-electron chi connectivity index (χ0n) is 16.1. The Kier molecular flexibility index (Phi) is 5.74. The first kappa shape index (κ1) is 19.5. The molecule has 1 aliphatic carbocycles. The van der Waals surface area contributed by atoms with Crippen LogP contribution in [-0.4, -0.2) is 30.3 Å². The minimum atomic E-state index is -0.227. The molecule has 4 rings (SSSR count). The van der Waals surface area contributed by atoms with Gasteiger partial charge in [0.05, 0.1) is 16.8 Å². The number of amides is 2. The number of thiophene rings is 1. The molecule has 2 amide bonds. The summed E-state index contributed by atoms with van der Waals surface area (Å²) in [6, 6.07) is 11.9. The number of benzene rings is 1. The van der Waals surface area contributed by atoms with Gasteiger partial charge in [0.2, 0.25) is 11.8 Å². The lowest BCUT2D eigenvalue weighted by molar-refractivity contribution is -0.142. The summed E-state index contributed by atoms with van der Waals surface area (Å²) < 4.78 is 0.731. The van der Waals surface area contributed by atoms with Gasteiger partial charge in [-0.25, -0.2) is 0 Å². The second-order valence-corrected chi connectivity index (χ2v) is 9.57. The Morgan fingerprint density at radius 1 is 1.14 bits per heavy atom. The summed E-state index contributed by atoms with van der Waals surface area (Å²) >= 11 is 7.51. The van der Waals surface area contributed by atoms with Crippen LogP contribution < -0.4 is 4.90 Å². The lowest BCUT2D eigenvalue weighted by atomic mass is 9.77. The molecule has 1 fully saturated rings. The van der Waals surface area contributed by atoms with Gasteiger partial charge in [0.15, 0.2) is 0 Å². The number of hydrogen-bond acceptors (Lipinski definition) is 3. The van der Waals surface area contributed by atoms with Crippen molar-refractivity contribution in [1.29, 1.82) is 0 Å². The molecule has 2 unspecified atom stereocenters. The SMILES string of the molecule is CN(Cc1ccc(Cl)s1)C(=O)C1CCCCC1C(=O)N1CCc2ccccc21. The second-order valence-electron chi connectivity index (χ2n) is 7.77. The summed E-state index contributed by atoms with van der Waals surface area (Å²) in [4.78, 5) is 31.3. The van der Waals surface area contributed by atoms with Gasteiger partial charge in [0.1, 0.15) is 0 Å². The maximum Gasteiger partial charge on any atom is 0.230 e. The van der Waals surface area contributed by atoms with Crippen LogP contribution in [0.5, 0.6) is 0 Å². The van der Waals surface area contributed by atoms with E-state index in [2.05, 4.69) is 6.07 Å². The number of nitrogens with zero attached hydrogens (tertiary/aromatic N) is 2. The third-order valence-electron chi connectivity index (χ3n) is 5.95. The number of rotatable bonds is 4. The quantitative estimate of drug-likeness (QED) is 0.721. The first-order chi connectivity index (χ1) is 13.5. The monoisotopic (exact) mass is 416 g/mol. The average molecular weight is 417 g/mol. The molecule has 0 bridgehead atoms. The first-order valence-corrected chi connectivity index (χ1v) is 11.1. The van der Waals surface area contributed by atoms with E-state index < -0.39 is 0 Å². The molecule has 1 saturated carbocycles. The molecule has 2 atom stereocenters. The van der Waals surface area contributed by atoms with E-state index in [9.17, 15) is 9.59 Å². The molecule has 0 spiro atoms. The van der Waals surface area contributed by atoms with Crippen molar-refractivity contribution in [2.75, 3.05) is 18.5 Å². The van der Waals surface area contributed by atoms with Crippen LogP contribution in [0.2, 0.25) is 4.34 Å². The normalized spacial score (nSPS) is 21.4. The third-order valence-corrected chi connectivity index (χ3v) is 7.17. The van der Waals surface area contributed by atoms with E-state index in [-0.39, 0.29) is 23.7 Å². The van der Waals surface area contributed by atoms with Crippen LogP contribution in [0.1, 0.15) is 36.1 Å². The van der Waals surface area contributed by atoms with Crippen molar-refractivity contribution in [3.8, 4) is 0 Å². The van der Waals surface area contributed by atoms with Gasteiger partial charge in [-0.2, -0.15) is 0 Å². The molecule has 2 aliphatic rings. The first-order valence-electron chi connectivity index (χ1n) is 9.93. The lowest BCUT2D eigenvalue weighted by Gasteiger charge is -2.34. The Hall–Kier alpha value is -1.85. The predicted octanol–water partition coefficient (Wildman–Crippen LogP) is 4.76. The molecule has 2 heterocycles. The predicted molar refractivity (Wildman–Crippen MR) is 114 cm³/mol. The fraction of sp³-hybridized carbons (Fsp3) is 0.455. The van der Waals surface area contributed by atoms with Crippen molar-refractivity contribution in [3.63, 3.8) is 0 Å². The molecule has 0 radical (unpaired) electrons. The maximum absolute atomic E-state index is 13.4. The van der Waals surface area contributed by atoms with Crippen molar-refractivity contribution in [1.82, 2.24) is 4.90 Å². The van der Waals surface area contributed by atoms with Crippen LogP contribution >= 0.6 is 22.9 Å². The molecule has 148 valence electrons. The molecule has 1 aromatic carbocycles. The number of fused-ring (bicyclic) bond motifs is 1. The van der Waals surface area contributed by atoms with Crippen LogP contribution in [-0.2, 0) is 22.6 Å². The van der Waals surface area contributed by atoms with Crippen LogP contribution in [0.25, 0.3) is 0 Å². The number of hydrogen-bond donors (Lipinski definition) is 0. The lowest BCUT2D eigenvalue weighted by Crippen LogP contribution is -2.45. The standard InChI is InChI=1S/C22H25ClN2O2S/c1-24(14-16-10-11-20(23)28-16)21(26)17-7-3-4-8-18(17)22(27)25-13-12-15-6-2-5-9-19(15)25/h2,5-6,9-11,17-18H,3-4,7-8,12-14H2,1H3. The molecular weight excluding hydrogens is 392 g/mol. The highest BCUT2D eigenvalue weighted by molar-refractivity contribution is 7.16. The number of anilines is 1. The highest BCUT2D eigenvalue weighted by atomic mass is 35.5. The second kappa shape index (κ2) is 8.26. The van der Waals surface area contributed by atoms with E-state index in [4.69, 9.17) is 11.6 Å². The Balaban J connectivity index is 1.49. The number of halogens is 1. The van der Waals surface area contributed by atoms with Crippen molar-refractivity contribution in [2.24, 2.45) is 11.8 Å². The molecule has 1 aromatic heterocycles. The van der Waals surface area contributed by atoms with E-state index in [1.54, 1.807) is 4.90 Å². The van der Waals surface area contributed by atoms with E-state index in [1.807, 2.05) is 42.3 Å². The van der Waals surface area contributed by atoms with Crippen LogP contribution in [0.4, 0.5) is 5.69 Å². The van der Waals surface area contributed by atoms with Gasteiger partial charge in [-0.05, 0) is 43.0 Å². The van der Waals surface area contributed by atoms with E-state index in [0.717, 1.165) is 53.5 Å². The van der Waals surface area contributed by atoms with Gasteiger partial charge in [0, 0.05) is 30.1 Å². The summed E-state index contributed by atoms with van der Waals surface area (Å²) in [6.07, 6.45) is 4.51. The largest absolute Gasteiger partial charge is 0.340 e. The highest BCUT2D eigenvalue weighted by Gasteiger charge is 2.40. The van der Waals surface area contributed by atoms with E-state index >= 15 is 0 Å². The maximum atomic E-state index is 13.4. The highest BCUT2D eigenvalue weighted by Crippen LogP contribution is 2.37. The van der Waals surface area contributed by atoms with Crippen molar-refractivity contribution < 1.29 is 9.59 Å². The third kappa shape index (κ3) is 3.83. The summed E-state index contributed by atoms with van der Waals surface area (Å²) in [7, 11) is 1.83. The molecule has 0 N–H and O–H groups in total. The summed E-state index contributed by atoms with van der Waals surface area (Å²) in [5, 5.41) is 0. The molecule has 28 heavy (non-hydrogen) atoms. The van der Waals surface area contributed by atoms with Gasteiger partial charge in [-0.15, -0.1) is 11.3 Å². The van der Waals surface area contributed by atoms with Gasteiger partial charge in [-0.3, -0.25) is 9.59 Å². The Labute approximate surface area is 175 Å². The van der Waals surface area contributed by atoms with Crippen molar-refractivity contribution in [2.45, 2.75) is 38.6 Å². The molecule has 6 heteroatoms. The number of carbonyl (C=O) groups is 2. The van der Waals surface area contributed by atoms with Crippen LogP contribution in [0.3, 0.4) is 0 Å². The van der Waals surface area contributed by atoms with E-state index in [0.29, 0.717) is 6.54 Å². The minimum absolute atomic E-state index is 0.0788. The van der Waals surface area contributed by atoms with E-state index in [1.165, 1.54) is 16.9 Å². The molecule has 4 nitrogen and oxygen atoms in total. The summed E-state index contributed by atoms with van der Waals surface area (Å²) in [5.41, 5.74) is 2.24. The fourth-order valence-electron chi connectivity index (χ4n) is 4.52. The topological polar surface area (TPSA) is 40.6 Å². The van der Waals surface area contributed by atoms with Gasteiger partial charge < -0.3 is 9.80 Å². The Morgan fingerprint density at radius 2 is 1.89 bits per heavy atom. The van der Waals surface area contributed by atoms with Gasteiger partial charge in [-0.1, -0.05) is 42.6 Å². The number of carbonyl (C=O) groups excluding carboxylic acids is 2. The van der Waals surface area contributed by atoms with Crippen molar-refractivity contribution >= 4 is 40.4 Å². The Morgan fingerprint density at radius 3 is 2.64 bits per heavy atom. The molecule has 1 aliphatic heterocycles. The van der Waals surface area contributed by atoms with Gasteiger partial charge >= 0.3 is 0 Å². The van der Waals surface area contributed by atoms with Crippen molar-refractivity contribution in [3.05, 3.63) is 51.2 Å². The van der Waals surface area contributed by atoms with Gasteiger partial charge in [0.25, 0.3) is 0 Å². The summed E-state index contributed by atoms with van der Waals surface area (Å²) in [5.74, 6) is -0.248. The zero-order valence-corrected chi connectivity index (χ0v) is 17.6. The molecular formula is C22H25ClN2O2S. The summed E-state index contributed by atoms with van der Waals surface area (Å²) in [6.45, 7) is 1.26. The van der Waals surface area contributed by atoms with Crippen LogP contribution in [0.15, 0.2) is 36.4 Å².